The number of hydrogen-bond donors (Lipinski definition) is 3. The van der Waals surface area contributed by atoms with Crippen LogP contribution in [0, 0.1) is 0 Å². The minimum Gasteiger partial charge on any atom is -0.396 e. The maximum Gasteiger partial charge on any atom is 0.156 e. The lowest BCUT2D eigenvalue weighted by molar-refractivity contribution is -0.121. The number of hydrogen-bond acceptors (Lipinski definition) is 5. The highest BCUT2D eigenvalue weighted by Crippen LogP contribution is 1.92. The number of rotatable bonds is 8. The van der Waals surface area contributed by atoms with Gasteiger partial charge in [0, 0.05) is 13.0 Å². The summed E-state index contributed by atoms with van der Waals surface area (Å²) in [5.41, 5.74) is 0. The minimum absolute atomic E-state index is 0.0147. The fraction of sp³-hybridized carbons (Fsp3) is 1.00. The molecule has 5 nitrogen and oxygen atoms in total. The lowest BCUT2D eigenvalue weighted by Crippen LogP contribution is -2.17. The lowest BCUT2D eigenvalue weighted by atomic mass is 10.4. The van der Waals surface area contributed by atoms with Gasteiger partial charge < -0.3 is 24.8 Å². The van der Waals surface area contributed by atoms with Gasteiger partial charge in [-0.15, -0.1) is 0 Å². The molecular formula is C7H16O5. The van der Waals surface area contributed by atoms with E-state index < -0.39 is 6.29 Å². The molecule has 0 saturated carbocycles. The van der Waals surface area contributed by atoms with Crippen LogP contribution in [0.4, 0.5) is 0 Å². The van der Waals surface area contributed by atoms with Gasteiger partial charge in [-0.3, -0.25) is 0 Å². The Bertz CT molecular complexity index is 87.9. The van der Waals surface area contributed by atoms with Crippen LogP contribution in [-0.4, -0.2) is 54.6 Å². The summed E-state index contributed by atoms with van der Waals surface area (Å²) in [6, 6.07) is 0. The van der Waals surface area contributed by atoms with Crippen LogP contribution in [0.1, 0.15) is 6.42 Å². The molecule has 3 N–H and O–H groups in total. The van der Waals surface area contributed by atoms with Gasteiger partial charge in [-0.2, -0.15) is 0 Å². The molecule has 0 rings (SSSR count). The average molecular weight is 180 g/mol. The molecule has 74 valence electrons. The molecule has 0 radical (unpaired) electrons. The summed E-state index contributed by atoms with van der Waals surface area (Å²) in [6.45, 7) is 0.765. The molecule has 0 aromatic rings. The summed E-state index contributed by atoms with van der Waals surface area (Å²) in [5.74, 6) is 0. The van der Waals surface area contributed by atoms with Gasteiger partial charge >= 0.3 is 0 Å². The zero-order valence-electron chi connectivity index (χ0n) is 6.98. The molecule has 0 aliphatic heterocycles. The summed E-state index contributed by atoms with van der Waals surface area (Å²) in [6.07, 6.45) is -0.715. The Kier molecular flexibility index (Phi) is 8.74. The topological polar surface area (TPSA) is 79.2 Å². The lowest BCUT2D eigenvalue weighted by Gasteiger charge is -2.09. The van der Waals surface area contributed by atoms with E-state index in [1.54, 1.807) is 0 Å². The van der Waals surface area contributed by atoms with Crippen LogP contribution in [0.2, 0.25) is 0 Å². The second-order valence-electron chi connectivity index (χ2n) is 2.17. The maximum atomic E-state index is 8.92. The second kappa shape index (κ2) is 8.89. The van der Waals surface area contributed by atoms with Crippen molar-refractivity contribution in [2.75, 3.05) is 33.0 Å². The Balaban J connectivity index is 2.97. The second-order valence-corrected chi connectivity index (χ2v) is 2.17. The van der Waals surface area contributed by atoms with Gasteiger partial charge in [0.15, 0.2) is 6.29 Å². The van der Waals surface area contributed by atoms with Gasteiger partial charge in [-0.25, -0.2) is 0 Å². The van der Waals surface area contributed by atoms with Crippen molar-refractivity contribution >= 4 is 0 Å². The Labute approximate surface area is 71.5 Å². The number of aliphatic hydroxyl groups excluding tert-OH is 3. The molecule has 1 atom stereocenters. The first-order chi connectivity index (χ1) is 5.81. The molecule has 0 spiro atoms. The van der Waals surface area contributed by atoms with Gasteiger partial charge in [0.1, 0.15) is 0 Å². The zero-order chi connectivity index (χ0) is 9.23. The van der Waals surface area contributed by atoms with Crippen LogP contribution in [0.15, 0.2) is 0 Å². The predicted molar refractivity (Wildman–Crippen MR) is 41.6 cm³/mol. The van der Waals surface area contributed by atoms with Crippen LogP contribution in [-0.2, 0) is 9.47 Å². The molecule has 5 heteroatoms. The van der Waals surface area contributed by atoms with Gasteiger partial charge in [0.2, 0.25) is 0 Å². The quantitative estimate of drug-likeness (QED) is 0.320. The third kappa shape index (κ3) is 7.90. The average Bonchev–Trinajstić information content (AvgIpc) is 2.05. The monoisotopic (exact) mass is 180 g/mol. The van der Waals surface area contributed by atoms with Crippen LogP contribution in [0.25, 0.3) is 0 Å². The SMILES string of the molecule is OCCOCCOC(O)CCO. The summed E-state index contributed by atoms with van der Waals surface area (Å²) < 4.78 is 9.68. The van der Waals surface area contributed by atoms with E-state index in [0.717, 1.165) is 0 Å². The van der Waals surface area contributed by atoms with Gasteiger partial charge in [0.05, 0.1) is 26.4 Å². The van der Waals surface area contributed by atoms with E-state index in [1.165, 1.54) is 0 Å². The molecule has 0 heterocycles. The Morgan fingerprint density at radius 2 is 1.75 bits per heavy atom. The largest absolute Gasteiger partial charge is 0.396 e. The zero-order valence-corrected chi connectivity index (χ0v) is 6.98. The van der Waals surface area contributed by atoms with Crippen LogP contribution in [0.5, 0.6) is 0 Å². The van der Waals surface area contributed by atoms with Crippen LogP contribution < -0.4 is 0 Å². The van der Waals surface area contributed by atoms with E-state index in [0.29, 0.717) is 6.61 Å². The first-order valence-electron chi connectivity index (χ1n) is 3.90. The van der Waals surface area contributed by atoms with Gasteiger partial charge in [-0.05, 0) is 0 Å². The summed E-state index contributed by atoms with van der Waals surface area (Å²) in [4.78, 5) is 0. The molecule has 0 aliphatic rings. The molecule has 0 aromatic heterocycles. The summed E-state index contributed by atoms with van der Waals surface area (Å²) in [5, 5.41) is 25.6. The third-order valence-electron chi connectivity index (χ3n) is 1.15. The molecule has 1 unspecified atom stereocenters. The smallest absolute Gasteiger partial charge is 0.156 e. The van der Waals surface area contributed by atoms with Crippen molar-refractivity contribution in [3.8, 4) is 0 Å². The Morgan fingerprint density at radius 3 is 2.33 bits per heavy atom. The van der Waals surface area contributed by atoms with Crippen molar-refractivity contribution in [2.45, 2.75) is 12.7 Å². The van der Waals surface area contributed by atoms with Crippen molar-refractivity contribution < 1.29 is 24.8 Å². The fourth-order valence-corrected chi connectivity index (χ4v) is 0.603. The number of aliphatic hydroxyl groups is 3. The van der Waals surface area contributed by atoms with Crippen LogP contribution >= 0.6 is 0 Å². The molecule has 0 amide bonds. The Morgan fingerprint density at radius 1 is 1.00 bits per heavy atom. The van der Waals surface area contributed by atoms with E-state index in [1.807, 2.05) is 0 Å². The van der Waals surface area contributed by atoms with Crippen molar-refractivity contribution in [3.05, 3.63) is 0 Å². The minimum atomic E-state index is -0.923. The Hall–Kier alpha value is -0.200. The summed E-state index contributed by atoms with van der Waals surface area (Å²) in [7, 11) is 0. The van der Waals surface area contributed by atoms with E-state index in [-0.39, 0.29) is 32.8 Å². The van der Waals surface area contributed by atoms with Crippen molar-refractivity contribution in [1.82, 2.24) is 0 Å². The maximum absolute atomic E-state index is 8.92. The first kappa shape index (κ1) is 11.8. The highest BCUT2D eigenvalue weighted by molar-refractivity contribution is 4.39. The molecule has 0 aliphatic carbocycles. The number of ether oxygens (including phenoxy) is 2. The summed E-state index contributed by atoms with van der Waals surface area (Å²) >= 11 is 0. The van der Waals surface area contributed by atoms with Crippen molar-refractivity contribution in [1.29, 1.82) is 0 Å². The normalized spacial score (nSPS) is 13.2. The molecule has 0 saturated heterocycles. The van der Waals surface area contributed by atoms with Crippen molar-refractivity contribution in [2.24, 2.45) is 0 Å². The van der Waals surface area contributed by atoms with E-state index in [4.69, 9.17) is 24.8 Å². The highest BCUT2D eigenvalue weighted by atomic mass is 16.6. The standard InChI is InChI=1S/C7H16O5/c8-2-1-7(10)12-6-5-11-4-3-9/h7-10H,1-6H2. The van der Waals surface area contributed by atoms with Crippen molar-refractivity contribution in [3.63, 3.8) is 0 Å². The third-order valence-corrected chi connectivity index (χ3v) is 1.15. The molecule has 0 aromatic carbocycles. The molecular weight excluding hydrogens is 164 g/mol. The molecule has 0 fully saturated rings. The molecule has 0 bridgehead atoms. The van der Waals surface area contributed by atoms with E-state index in [2.05, 4.69) is 0 Å². The molecule has 12 heavy (non-hydrogen) atoms. The fourth-order valence-electron chi connectivity index (χ4n) is 0.603. The van der Waals surface area contributed by atoms with Crippen LogP contribution in [0.3, 0.4) is 0 Å². The van der Waals surface area contributed by atoms with E-state index >= 15 is 0 Å². The first-order valence-corrected chi connectivity index (χ1v) is 3.90. The van der Waals surface area contributed by atoms with Gasteiger partial charge in [-0.1, -0.05) is 0 Å². The van der Waals surface area contributed by atoms with E-state index in [9.17, 15) is 0 Å². The predicted octanol–water partition coefficient (Wildman–Crippen LogP) is -1.29. The van der Waals surface area contributed by atoms with Gasteiger partial charge in [0.25, 0.3) is 0 Å². The highest BCUT2D eigenvalue weighted by Gasteiger charge is 2.01.